The minimum absolute atomic E-state index is 0.343. The Morgan fingerprint density at radius 2 is 1.90 bits per heavy atom. The summed E-state index contributed by atoms with van der Waals surface area (Å²) in [6.45, 7) is 0. The van der Waals surface area contributed by atoms with Crippen molar-refractivity contribution in [1.29, 1.82) is 0 Å². The number of pyridine rings is 1. The highest BCUT2D eigenvalue weighted by atomic mass is 35.5. The molecule has 0 unspecified atom stereocenters. The maximum absolute atomic E-state index is 12.7. The molecule has 0 aliphatic carbocycles. The molecule has 0 aliphatic heterocycles. The topological polar surface area (TPSA) is 86.5 Å². The number of oxazole rings is 1. The lowest BCUT2D eigenvalue weighted by atomic mass is 10.1. The number of carbonyl (C=O) groups excluding carboxylic acids is 1. The summed E-state index contributed by atoms with van der Waals surface area (Å²) in [5, 5.41) is 3.19. The molecule has 2 heterocycles. The average molecular weight is 410 g/mol. The van der Waals surface area contributed by atoms with Crippen molar-refractivity contribution in [3.8, 4) is 23.0 Å². The quantitative estimate of drug-likeness (QED) is 0.509. The maximum atomic E-state index is 12.7. The summed E-state index contributed by atoms with van der Waals surface area (Å²) >= 11 is 6.28. The Kier molecular flexibility index (Phi) is 5.05. The summed E-state index contributed by atoms with van der Waals surface area (Å²) in [6, 6.07) is 13.6. The first-order chi connectivity index (χ1) is 14.1. The van der Waals surface area contributed by atoms with Crippen LogP contribution < -0.4 is 14.8 Å². The molecule has 0 saturated carbocycles. The fourth-order valence-corrected chi connectivity index (χ4v) is 2.98. The van der Waals surface area contributed by atoms with Crippen molar-refractivity contribution in [2.45, 2.75) is 0 Å². The molecule has 29 heavy (non-hydrogen) atoms. The molecular weight excluding hydrogens is 394 g/mol. The summed E-state index contributed by atoms with van der Waals surface area (Å²) in [7, 11) is 3.04. The first kappa shape index (κ1) is 18.8. The van der Waals surface area contributed by atoms with Gasteiger partial charge in [-0.1, -0.05) is 11.6 Å². The molecule has 0 fully saturated rings. The van der Waals surface area contributed by atoms with Crippen molar-refractivity contribution in [3.63, 3.8) is 0 Å². The van der Waals surface area contributed by atoms with Gasteiger partial charge in [0.1, 0.15) is 0 Å². The van der Waals surface area contributed by atoms with Crippen LogP contribution in [-0.4, -0.2) is 30.1 Å². The molecule has 4 aromatic rings. The predicted octanol–water partition coefficient (Wildman–Crippen LogP) is 4.81. The van der Waals surface area contributed by atoms with Gasteiger partial charge in [-0.2, -0.15) is 4.98 Å². The molecule has 4 rings (SSSR count). The van der Waals surface area contributed by atoms with E-state index in [0.29, 0.717) is 50.5 Å². The summed E-state index contributed by atoms with van der Waals surface area (Å²) in [6.07, 6.45) is 1.64. The Labute approximate surface area is 171 Å². The zero-order chi connectivity index (χ0) is 20.4. The van der Waals surface area contributed by atoms with E-state index in [9.17, 15) is 4.79 Å². The molecule has 0 spiro atoms. The number of nitrogens with zero attached hydrogens (tertiary/aromatic N) is 2. The van der Waals surface area contributed by atoms with E-state index in [2.05, 4.69) is 15.3 Å². The van der Waals surface area contributed by atoms with E-state index >= 15 is 0 Å². The second kappa shape index (κ2) is 7.81. The molecule has 1 amide bonds. The van der Waals surface area contributed by atoms with Gasteiger partial charge in [-0.3, -0.25) is 4.79 Å². The van der Waals surface area contributed by atoms with Crippen molar-refractivity contribution < 1.29 is 18.7 Å². The Hall–Kier alpha value is -3.58. The summed E-state index contributed by atoms with van der Waals surface area (Å²) in [5.41, 5.74) is 2.58. The van der Waals surface area contributed by atoms with E-state index < -0.39 is 0 Å². The van der Waals surface area contributed by atoms with Crippen molar-refractivity contribution in [2.24, 2.45) is 0 Å². The van der Waals surface area contributed by atoms with Gasteiger partial charge < -0.3 is 19.2 Å². The number of rotatable bonds is 5. The van der Waals surface area contributed by atoms with E-state index in [4.69, 9.17) is 25.5 Å². The van der Waals surface area contributed by atoms with E-state index in [1.165, 1.54) is 14.2 Å². The van der Waals surface area contributed by atoms with Gasteiger partial charge in [-0.15, -0.1) is 0 Å². The SMILES string of the molecule is COc1ccc(C(=O)Nc2cc(-c3nc4ncccc4o3)ccc2Cl)cc1OC. The highest BCUT2D eigenvalue weighted by molar-refractivity contribution is 6.34. The number of hydrogen-bond donors (Lipinski definition) is 1. The minimum atomic E-state index is -0.343. The number of anilines is 1. The van der Waals surface area contributed by atoms with Crippen LogP contribution in [0, 0.1) is 0 Å². The van der Waals surface area contributed by atoms with E-state index in [0.717, 1.165) is 0 Å². The Bertz CT molecular complexity index is 1170. The molecule has 2 aromatic carbocycles. The molecule has 0 saturated heterocycles. The summed E-state index contributed by atoms with van der Waals surface area (Å²) in [5.74, 6) is 1.04. The largest absolute Gasteiger partial charge is 0.493 e. The Balaban J connectivity index is 1.63. The molecule has 0 bridgehead atoms. The minimum Gasteiger partial charge on any atom is -0.493 e. The van der Waals surface area contributed by atoms with Crippen LogP contribution in [0.5, 0.6) is 11.5 Å². The summed E-state index contributed by atoms with van der Waals surface area (Å²) < 4.78 is 16.2. The van der Waals surface area contributed by atoms with Gasteiger partial charge in [-0.05, 0) is 48.5 Å². The number of fused-ring (bicyclic) bond motifs is 1. The number of carbonyl (C=O) groups is 1. The second-order valence-electron chi connectivity index (χ2n) is 6.06. The van der Waals surface area contributed by atoms with Gasteiger partial charge in [-0.25, -0.2) is 4.98 Å². The standard InChI is InChI=1S/C21H16ClN3O4/c1-27-16-8-6-12(11-18(16)28-2)20(26)24-15-10-13(5-7-14(15)22)21-25-19-17(29-21)4-3-9-23-19/h3-11H,1-2H3,(H,24,26). The van der Waals surface area contributed by atoms with Gasteiger partial charge in [0, 0.05) is 17.3 Å². The van der Waals surface area contributed by atoms with E-state index in [1.807, 2.05) is 0 Å². The third kappa shape index (κ3) is 3.72. The maximum Gasteiger partial charge on any atom is 0.255 e. The third-order valence-electron chi connectivity index (χ3n) is 4.27. The first-order valence-electron chi connectivity index (χ1n) is 8.64. The van der Waals surface area contributed by atoms with Crippen molar-refractivity contribution in [1.82, 2.24) is 9.97 Å². The number of ether oxygens (including phenoxy) is 2. The Morgan fingerprint density at radius 1 is 1.07 bits per heavy atom. The number of aromatic nitrogens is 2. The summed E-state index contributed by atoms with van der Waals surface area (Å²) in [4.78, 5) is 21.2. The molecule has 0 aliphatic rings. The van der Waals surface area contributed by atoms with Crippen LogP contribution in [-0.2, 0) is 0 Å². The lowest BCUT2D eigenvalue weighted by molar-refractivity contribution is 0.102. The monoisotopic (exact) mass is 409 g/mol. The van der Waals surface area contributed by atoms with Crippen LogP contribution in [0.25, 0.3) is 22.7 Å². The number of methoxy groups -OCH3 is 2. The third-order valence-corrected chi connectivity index (χ3v) is 4.60. The van der Waals surface area contributed by atoms with Gasteiger partial charge in [0.05, 0.1) is 24.9 Å². The van der Waals surface area contributed by atoms with Gasteiger partial charge >= 0.3 is 0 Å². The molecule has 1 N–H and O–H groups in total. The van der Waals surface area contributed by atoms with Gasteiger partial charge in [0.25, 0.3) is 5.91 Å². The number of halogens is 1. The van der Waals surface area contributed by atoms with Crippen LogP contribution in [0.2, 0.25) is 5.02 Å². The zero-order valence-corrected chi connectivity index (χ0v) is 16.4. The number of nitrogens with one attached hydrogen (secondary N) is 1. The van der Waals surface area contributed by atoms with E-state index in [1.54, 1.807) is 54.7 Å². The molecule has 0 atom stereocenters. The normalized spacial score (nSPS) is 10.7. The molecule has 7 nitrogen and oxygen atoms in total. The lowest BCUT2D eigenvalue weighted by Gasteiger charge is -2.11. The Morgan fingerprint density at radius 3 is 2.66 bits per heavy atom. The van der Waals surface area contributed by atoms with Gasteiger partial charge in [0.2, 0.25) is 5.89 Å². The molecular formula is C21H16ClN3O4. The van der Waals surface area contributed by atoms with Gasteiger partial charge in [0.15, 0.2) is 22.7 Å². The number of hydrogen-bond acceptors (Lipinski definition) is 6. The fraction of sp³-hybridized carbons (Fsp3) is 0.0952. The van der Waals surface area contributed by atoms with Crippen LogP contribution in [0.1, 0.15) is 10.4 Å². The number of amides is 1. The smallest absolute Gasteiger partial charge is 0.255 e. The average Bonchev–Trinajstić information content (AvgIpc) is 3.19. The fourth-order valence-electron chi connectivity index (χ4n) is 2.82. The van der Waals surface area contributed by atoms with Crippen LogP contribution >= 0.6 is 11.6 Å². The van der Waals surface area contributed by atoms with Crippen molar-refractivity contribution in [2.75, 3.05) is 19.5 Å². The molecule has 2 aromatic heterocycles. The zero-order valence-electron chi connectivity index (χ0n) is 15.6. The van der Waals surface area contributed by atoms with Crippen LogP contribution in [0.4, 0.5) is 5.69 Å². The highest BCUT2D eigenvalue weighted by Gasteiger charge is 2.15. The molecule has 0 radical (unpaired) electrons. The highest BCUT2D eigenvalue weighted by Crippen LogP contribution is 2.31. The molecule has 146 valence electrons. The first-order valence-corrected chi connectivity index (χ1v) is 9.01. The van der Waals surface area contributed by atoms with Crippen molar-refractivity contribution in [3.05, 3.63) is 65.3 Å². The molecule has 8 heteroatoms. The van der Waals surface area contributed by atoms with Crippen molar-refractivity contribution >= 4 is 34.4 Å². The van der Waals surface area contributed by atoms with E-state index in [-0.39, 0.29) is 5.91 Å². The number of benzene rings is 2. The predicted molar refractivity (Wildman–Crippen MR) is 110 cm³/mol. The second-order valence-corrected chi connectivity index (χ2v) is 6.47. The van der Waals surface area contributed by atoms with Crippen LogP contribution in [0.3, 0.4) is 0 Å². The lowest BCUT2D eigenvalue weighted by Crippen LogP contribution is -2.12. The van der Waals surface area contributed by atoms with Crippen LogP contribution in [0.15, 0.2) is 59.1 Å².